The number of ether oxygens (including phenoxy) is 1. The number of amides is 1. The summed E-state index contributed by atoms with van der Waals surface area (Å²) in [6.07, 6.45) is -1.45. The van der Waals surface area contributed by atoms with E-state index in [4.69, 9.17) is 4.74 Å². The number of likely N-dealkylation sites (N-methyl/N-ethyl adjacent to an activating group) is 2. The van der Waals surface area contributed by atoms with E-state index in [0.29, 0.717) is 28.2 Å². The lowest BCUT2D eigenvalue weighted by molar-refractivity contribution is -0.153. The third-order valence-electron chi connectivity index (χ3n) is 6.03. The molecule has 1 N–H and O–H groups in total. The average Bonchev–Trinajstić information content (AvgIpc) is 2.86. The maximum absolute atomic E-state index is 13.0. The van der Waals surface area contributed by atoms with E-state index in [2.05, 4.69) is 9.97 Å². The highest BCUT2D eigenvalue weighted by molar-refractivity contribution is 5.97. The van der Waals surface area contributed by atoms with E-state index >= 15 is 0 Å². The second-order valence-corrected chi connectivity index (χ2v) is 8.23. The molecule has 2 atom stereocenters. The fourth-order valence-electron chi connectivity index (χ4n) is 4.59. The number of carbonyl (C=O) groups excluding carboxylic acids is 1. The summed E-state index contributed by atoms with van der Waals surface area (Å²) in [7, 11) is 3.43. The number of carboxylic acid groups (broad SMARTS) is 1. The fraction of sp³-hybridized carbons (Fsp3) is 0.280. The standard InChI is InChI=1S/C25H26N4O4/c1-16-14-17(2)27-24(26-16)33-22(23(31)32)25(18-10-6-5-7-11-18)19-12-8-9-13-20(19)29(4)21(30)15-28(25)3/h5-14,22H,15H2,1-4H3,(H,31,32). The average molecular weight is 447 g/mol. The Hall–Kier alpha value is -3.78. The van der Waals surface area contributed by atoms with Gasteiger partial charge in [-0.25, -0.2) is 14.8 Å². The lowest BCUT2D eigenvalue weighted by Crippen LogP contribution is -2.59. The van der Waals surface area contributed by atoms with Crippen LogP contribution >= 0.6 is 0 Å². The monoisotopic (exact) mass is 446 g/mol. The lowest BCUT2D eigenvalue weighted by Gasteiger charge is -2.44. The predicted molar refractivity (Wildman–Crippen MR) is 123 cm³/mol. The Morgan fingerprint density at radius 1 is 1.03 bits per heavy atom. The molecule has 1 aromatic heterocycles. The Labute approximate surface area is 192 Å². The number of aromatic nitrogens is 2. The highest BCUT2D eigenvalue weighted by Crippen LogP contribution is 2.45. The molecule has 2 aromatic carbocycles. The first-order valence-corrected chi connectivity index (χ1v) is 10.6. The van der Waals surface area contributed by atoms with E-state index in [0.717, 1.165) is 0 Å². The molecule has 0 saturated heterocycles. The van der Waals surface area contributed by atoms with E-state index < -0.39 is 17.6 Å². The topological polar surface area (TPSA) is 95.9 Å². The SMILES string of the molecule is Cc1cc(C)nc(OC(C(=O)O)C2(c3ccccc3)c3ccccc3N(C)C(=O)CN2C)n1. The fourth-order valence-corrected chi connectivity index (χ4v) is 4.59. The maximum Gasteiger partial charge on any atom is 0.347 e. The van der Waals surface area contributed by atoms with E-state index in [1.54, 1.807) is 43.8 Å². The smallest absolute Gasteiger partial charge is 0.347 e. The van der Waals surface area contributed by atoms with Gasteiger partial charge in [0.25, 0.3) is 0 Å². The molecule has 8 nitrogen and oxygen atoms in total. The number of aliphatic carboxylic acids is 1. The van der Waals surface area contributed by atoms with Gasteiger partial charge in [0.15, 0.2) is 0 Å². The van der Waals surface area contributed by atoms with Crippen molar-refractivity contribution in [2.75, 3.05) is 25.5 Å². The van der Waals surface area contributed by atoms with Crippen molar-refractivity contribution in [3.05, 3.63) is 83.2 Å². The number of aryl methyl sites for hydroxylation is 2. The van der Waals surface area contributed by atoms with Crippen molar-refractivity contribution in [1.29, 1.82) is 0 Å². The molecule has 0 aliphatic carbocycles. The number of carbonyl (C=O) groups is 2. The molecule has 3 aromatic rings. The number of para-hydroxylation sites is 1. The third kappa shape index (κ3) is 3.82. The molecule has 0 spiro atoms. The molecule has 1 aliphatic rings. The molecule has 1 amide bonds. The van der Waals surface area contributed by atoms with Crippen molar-refractivity contribution in [2.45, 2.75) is 25.5 Å². The van der Waals surface area contributed by atoms with Gasteiger partial charge in [0.2, 0.25) is 12.0 Å². The number of carboxylic acids is 1. The van der Waals surface area contributed by atoms with Crippen LogP contribution in [0.2, 0.25) is 0 Å². The van der Waals surface area contributed by atoms with Crippen molar-refractivity contribution in [2.24, 2.45) is 0 Å². The van der Waals surface area contributed by atoms with Gasteiger partial charge in [0, 0.05) is 29.7 Å². The van der Waals surface area contributed by atoms with Crippen molar-refractivity contribution in [1.82, 2.24) is 14.9 Å². The van der Waals surface area contributed by atoms with E-state index in [1.165, 1.54) is 0 Å². The summed E-state index contributed by atoms with van der Waals surface area (Å²) in [5, 5.41) is 10.5. The first-order chi connectivity index (χ1) is 15.7. The quantitative estimate of drug-likeness (QED) is 0.644. The van der Waals surface area contributed by atoms with Gasteiger partial charge in [0.05, 0.1) is 6.54 Å². The minimum Gasteiger partial charge on any atom is -0.478 e. The second kappa shape index (κ2) is 8.63. The molecule has 0 fully saturated rings. The molecule has 1 aliphatic heterocycles. The van der Waals surface area contributed by atoms with Gasteiger partial charge < -0.3 is 14.7 Å². The van der Waals surface area contributed by atoms with Gasteiger partial charge in [0.1, 0.15) is 5.54 Å². The first-order valence-electron chi connectivity index (χ1n) is 10.6. The number of benzene rings is 2. The van der Waals surface area contributed by atoms with Crippen molar-refractivity contribution in [3.63, 3.8) is 0 Å². The molecule has 0 bridgehead atoms. The van der Waals surface area contributed by atoms with Gasteiger partial charge in [-0.2, -0.15) is 0 Å². The largest absolute Gasteiger partial charge is 0.478 e. The summed E-state index contributed by atoms with van der Waals surface area (Å²) < 4.78 is 6.09. The summed E-state index contributed by atoms with van der Waals surface area (Å²) in [5.74, 6) is -1.35. The number of anilines is 1. The van der Waals surface area contributed by atoms with Crippen LogP contribution in [-0.2, 0) is 15.1 Å². The van der Waals surface area contributed by atoms with Crippen molar-refractivity contribution in [3.8, 4) is 6.01 Å². The Bertz CT molecular complexity index is 1180. The summed E-state index contributed by atoms with van der Waals surface area (Å²) in [4.78, 5) is 37.8. The lowest BCUT2D eigenvalue weighted by atomic mass is 9.76. The van der Waals surface area contributed by atoms with Gasteiger partial charge in [-0.15, -0.1) is 0 Å². The third-order valence-corrected chi connectivity index (χ3v) is 6.03. The van der Waals surface area contributed by atoms with E-state index in [-0.39, 0.29) is 18.5 Å². The van der Waals surface area contributed by atoms with Crippen LogP contribution in [0.4, 0.5) is 5.69 Å². The molecule has 170 valence electrons. The zero-order valence-corrected chi connectivity index (χ0v) is 19.0. The van der Waals surface area contributed by atoms with Gasteiger partial charge in [-0.3, -0.25) is 9.69 Å². The van der Waals surface area contributed by atoms with Crippen LogP contribution in [0.15, 0.2) is 60.7 Å². The molecule has 8 heteroatoms. The maximum atomic E-state index is 13.0. The normalized spacial score (nSPS) is 19.5. The molecule has 2 heterocycles. The zero-order chi connectivity index (χ0) is 23.8. The number of hydrogen-bond acceptors (Lipinski definition) is 6. The Kier molecular flexibility index (Phi) is 5.86. The Balaban J connectivity index is 2.04. The predicted octanol–water partition coefficient (Wildman–Crippen LogP) is 2.78. The van der Waals surface area contributed by atoms with Crippen LogP contribution < -0.4 is 9.64 Å². The molecular formula is C25H26N4O4. The summed E-state index contributed by atoms with van der Waals surface area (Å²) in [6, 6.07) is 18.3. The van der Waals surface area contributed by atoms with Crippen molar-refractivity contribution >= 4 is 17.6 Å². The number of rotatable bonds is 5. The molecule has 33 heavy (non-hydrogen) atoms. The minimum atomic E-state index is -1.45. The molecule has 4 rings (SSSR count). The second-order valence-electron chi connectivity index (χ2n) is 8.23. The molecule has 0 radical (unpaired) electrons. The van der Waals surface area contributed by atoms with Crippen LogP contribution in [0, 0.1) is 13.8 Å². The summed E-state index contributed by atoms with van der Waals surface area (Å²) in [6.45, 7) is 3.58. The van der Waals surface area contributed by atoms with Gasteiger partial charge in [-0.1, -0.05) is 48.5 Å². The van der Waals surface area contributed by atoms with E-state index in [1.807, 2.05) is 54.6 Å². The molecule has 0 saturated carbocycles. The molecule has 2 unspecified atom stereocenters. The molecular weight excluding hydrogens is 420 g/mol. The highest BCUT2D eigenvalue weighted by Gasteiger charge is 2.54. The van der Waals surface area contributed by atoms with E-state index in [9.17, 15) is 14.7 Å². The van der Waals surface area contributed by atoms with Crippen LogP contribution in [0.25, 0.3) is 0 Å². The van der Waals surface area contributed by atoms with Crippen LogP contribution in [0.5, 0.6) is 6.01 Å². The Morgan fingerprint density at radius 2 is 1.64 bits per heavy atom. The summed E-state index contributed by atoms with van der Waals surface area (Å²) >= 11 is 0. The first kappa shape index (κ1) is 22.4. The van der Waals surface area contributed by atoms with Crippen LogP contribution in [0.1, 0.15) is 22.5 Å². The highest BCUT2D eigenvalue weighted by atomic mass is 16.5. The van der Waals surface area contributed by atoms with Crippen molar-refractivity contribution < 1.29 is 19.4 Å². The number of fused-ring (bicyclic) bond motifs is 1. The van der Waals surface area contributed by atoms with Crippen LogP contribution in [0.3, 0.4) is 0 Å². The van der Waals surface area contributed by atoms with Gasteiger partial charge in [-0.05, 0) is 38.6 Å². The Morgan fingerprint density at radius 3 is 2.27 bits per heavy atom. The number of nitrogens with zero attached hydrogens (tertiary/aromatic N) is 4. The van der Waals surface area contributed by atoms with Gasteiger partial charge >= 0.3 is 12.0 Å². The summed E-state index contributed by atoms with van der Waals surface area (Å²) in [5.41, 5.74) is 1.93. The number of hydrogen-bond donors (Lipinski definition) is 1. The minimum absolute atomic E-state index is 0.0130. The zero-order valence-electron chi connectivity index (χ0n) is 19.0. The van der Waals surface area contributed by atoms with Crippen LogP contribution in [-0.4, -0.2) is 58.6 Å².